The molecule has 2 heterocycles. The lowest BCUT2D eigenvalue weighted by Crippen LogP contribution is -2.67. The molecule has 16 heteroatoms. The molecule has 0 aromatic carbocycles. The Morgan fingerprint density at radius 2 is 1.29 bits per heavy atom. The first-order valence-electron chi connectivity index (χ1n) is 20.8. The van der Waals surface area contributed by atoms with E-state index < -0.39 is 95.7 Å². The molecule has 13 unspecified atom stereocenters. The zero-order chi connectivity index (χ0) is 42.7. The average Bonchev–Trinajstić information content (AvgIpc) is 3.14. The Morgan fingerprint density at radius 1 is 0.690 bits per heavy atom. The molecule has 0 aromatic heterocycles. The van der Waals surface area contributed by atoms with Gasteiger partial charge in [0, 0.05) is 5.92 Å². The molecule has 0 amide bonds. The van der Waals surface area contributed by atoms with Crippen LogP contribution in [0.3, 0.4) is 0 Å². The van der Waals surface area contributed by atoms with E-state index in [0.29, 0.717) is 19.3 Å². The highest BCUT2D eigenvalue weighted by Crippen LogP contribution is 2.71. The number of aliphatic hydroxyl groups excluding tert-OH is 5. The standard InChI is InChI=1S/C42H62O16/c1-38(2)22-9-12-41(5)19-8-11-39(3)14-15-40(4,37(53)54-7)17-20(39)18(19)16-21(43)32(41)42(22,6)13-10-23(38)55-36-31(27(47)26(46)30(57-36)34(51)52)58-35-28(48)24(44)25(45)29(56-35)33(49)50/h16,19-20,22-32,35-36,44-48H,8-15,17H2,1-7H3,(H,49,50)(H,51,52)/t19?,20-,22?,23-,24?,25?,26?,27?,28?,29?,30?,31?,32?,35?,36?,39-,40-,41-,42-/m0/s1. The van der Waals surface area contributed by atoms with E-state index in [1.165, 1.54) is 12.7 Å². The van der Waals surface area contributed by atoms with Crippen molar-refractivity contribution in [2.75, 3.05) is 7.11 Å². The van der Waals surface area contributed by atoms with Crippen molar-refractivity contribution in [1.82, 2.24) is 0 Å². The number of carboxylic acid groups (broad SMARTS) is 2. The van der Waals surface area contributed by atoms with Crippen LogP contribution in [-0.4, -0.2) is 134 Å². The summed E-state index contributed by atoms with van der Waals surface area (Å²) in [5, 5.41) is 72.7. The van der Waals surface area contributed by atoms with Gasteiger partial charge in [0.25, 0.3) is 0 Å². The third-order valence-corrected chi connectivity index (χ3v) is 16.6. The maximum Gasteiger partial charge on any atom is 0.335 e. The van der Waals surface area contributed by atoms with Gasteiger partial charge in [0.05, 0.1) is 18.6 Å². The second-order valence-electron chi connectivity index (χ2n) is 20.2. The van der Waals surface area contributed by atoms with E-state index in [-0.39, 0.29) is 46.3 Å². The number of carbonyl (C=O) groups is 4. The summed E-state index contributed by atoms with van der Waals surface area (Å²) in [6.07, 6.45) is -11.4. The highest BCUT2D eigenvalue weighted by molar-refractivity contribution is 5.95. The molecule has 0 bridgehead atoms. The Kier molecular flexibility index (Phi) is 11.1. The second-order valence-corrected chi connectivity index (χ2v) is 20.2. The van der Waals surface area contributed by atoms with Crippen LogP contribution in [0.25, 0.3) is 0 Å². The number of fused-ring (bicyclic) bond motifs is 7. The molecule has 16 nitrogen and oxygen atoms in total. The number of carbonyl (C=O) groups excluding carboxylic acids is 2. The number of hydrogen-bond acceptors (Lipinski definition) is 14. The fourth-order valence-electron chi connectivity index (χ4n) is 13.3. The van der Waals surface area contributed by atoms with Gasteiger partial charge in [-0.25, -0.2) is 9.59 Å². The van der Waals surface area contributed by atoms with Crippen LogP contribution in [0.1, 0.15) is 99.3 Å². The zero-order valence-electron chi connectivity index (χ0n) is 34.4. The molecule has 7 rings (SSSR count). The number of esters is 1. The first-order valence-corrected chi connectivity index (χ1v) is 20.8. The van der Waals surface area contributed by atoms with Crippen LogP contribution in [-0.2, 0) is 42.9 Å². The van der Waals surface area contributed by atoms with Gasteiger partial charge >= 0.3 is 17.9 Å². The molecular formula is C42H62O16. The van der Waals surface area contributed by atoms with Crippen molar-refractivity contribution < 1.29 is 78.6 Å². The molecule has 2 saturated heterocycles. The number of hydrogen-bond donors (Lipinski definition) is 7. The van der Waals surface area contributed by atoms with Gasteiger partial charge in [-0.15, -0.1) is 0 Å². The van der Waals surface area contributed by atoms with Gasteiger partial charge in [-0.05, 0) is 110 Å². The number of rotatable bonds is 7. The van der Waals surface area contributed by atoms with Crippen LogP contribution in [0.5, 0.6) is 0 Å². The normalized spacial score (nSPS) is 51.2. The topological polar surface area (TPSA) is 256 Å². The number of aliphatic hydroxyl groups is 5. The van der Waals surface area contributed by atoms with Crippen LogP contribution >= 0.6 is 0 Å². The van der Waals surface area contributed by atoms with Crippen molar-refractivity contribution >= 4 is 23.7 Å². The van der Waals surface area contributed by atoms with E-state index >= 15 is 0 Å². The van der Waals surface area contributed by atoms with Gasteiger partial charge in [-0.3, -0.25) is 9.59 Å². The largest absolute Gasteiger partial charge is 0.479 e. The summed E-state index contributed by atoms with van der Waals surface area (Å²) < 4.78 is 28.6. The highest BCUT2D eigenvalue weighted by Gasteiger charge is 2.68. The molecule has 5 aliphatic carbocycles. The molecule has 7 aliphatic rings. The SMILES string of the molecule is COC(=O)[C@@]1(C)CC[C@]2(C)CCC3C(=CC(=O)C4[C@@]3(C)CCC3C(C)(C)[C@@H](OC5OC(C(=O)O)C(O)C(O)C5OC5OC(C(=O)O)C(O)C(O)C5O)CC[C@@]34C)[C@@H]2C1. The van der Waals surface area contributed by atoms with Crippen LogP contribution in [0.4, 0.5) is 0 Å². The quantitative estimate of drug-likeness (QED) is 0.143. The molecule has 4 saturated carbocycles. The molecule has 6 fully saturated rings. The molecule has 0 aromatic rings. The van der Waals surface area contributed by atoms with E-state index in [1.807, 2.05) is 26.8 Å². The van der Waals surface area contributed by atoms with Crippen LogP contribution in [0.15, 0.2) is 11.6 Å². The van der Waals surface area contributed by atoms with E-state index in [0.717, 1.165) is 38.5 Å². The Hall–Kier alpha value is -2.54. The van der Waals surface area contributed by atoms with Crippen LogP contribution in [0, 0.1) is 50.7 Å². The predicted octanol–water partition coefficient (Wildman–Crippen LogP) is 1.94. The van der Waals surface area contributed by atoms with Gasteiger partial charge in [0.2, 0.25) is 0 Å². The number of ketones is 1. The van der Waals surface area contributed by atoms with Gasteiger partial charge in [-0.1, -0.05) is 40.2 Å². The van der Waals surface area contributed by atoms with Crippen molar-refractivity contribution in [2.45, 2.75) is 167 Å². The smallest absolute Gasteiger partial charge is 0.335 e. The fourth-order valence-corrected chi connectivity index (χ4v) is 13.3. The Bertz CT molecular complexity index is 1700. The first-order chi connectivity index (χ1) is 26.9. The fraction of sp³-hybridized carbons (Fsp3) is 0.857. The van der Waals surface area contributed by atoms with Crippen molar-refractivity contribution in [3.8, 4) is 0 Å². The average molecular weight is 823 g/mol. The maximum atomic E-state index is 14.8. The molecule has 58 heavy (non-hydrogen) atoms. The zero-order valence-corrected chi connectivity index (χ0v) is 34.4. The molecule has 0 radical (unpaired) electrons. The highest BCUT2D eigenvalue weighted by atomic mass is 16.8. The minimum absolute atomic E-state index is 0.00983. The van der Waals surface area contributed by atoms with Crippen molar-refractivity contribution in [2.24, 2.45) is 50.7 Å². The number of carboxylic acids is 2. The summed E-state index contributed by atoms with van der Waals surface area (Å²) in [4.78, 5) is 51.7. The Balaban J connectivity index is 1.15. The molecule has 0 spiro atoms. The second kappa shape index (κ2) is 14.8. The third-order valence-electron chi connectivity index (χ3n) is 16.6. The minimum atomic E-state index is -2.04. The van der Waals surface area contributed by atoms with E-state index in [9.17, 15) is 54.9 Å². The predicted molar refractivity (Wildman–Crippen MR) is 199 cm³/mol. The molecule has 2 aliphatic heterocycles. The summed E-state index contributed by atoms with van der Waals surface area (Å²) in [7, 11) is 1.43. The lowest BCUT2D eigenvalue weighted by atomic mass is 9.37. The lowest BCUT2D eigenvalue weighted by molar-refractivity contribution is -0.371. The molecule has 7 N–H and O–H groups in total. The molecular weight excluding hydrogens is 760 g/mol. The summed E-state index contributed by atoms with van der Waals surface area (Å²) >= 11 is 0. The van der Waals surface area contributed by atoms with E-state index in [1.54, 1.807) is 0 Å². The first kappa shape index (κ1) is 43.5. The van der Waals surface area contributed by atoms with Crippen molar-refractivity contribution in [3.05, 3.63) is 11.6 Å². The number of aliphatic carboxylic acids is 2. The summed E-state index contributed by atoms with van der Waals surface area (Å²) in [5.74, 6) is -3.44. The Labute approximate surface area is 338 Å². The molecule has 19 atom stereocenters. The summed E-state index contributed by atoms with van der Waals surface area (Å²) in [5.41, 5.74) is -0.905. The lowest BCUT2D eigenvalue weighted by Gasteiger charge is -2.67. The monoisotopic (exact) mass is 822 g/mol. The number of methoxy groups -OCH3 is 1. The number of ether oxygens (including phenoxy) is 5. The molecule has 326 valence electrons. The van der Waals surface area contributed by atoms with E-state index in [2.05, 4.69) is 20.8 Å². The number of allylic oxidation sites excluding steroid dienone is 2. The minimum Gasteiger partial charge on any atom is -0.479 e. The van der Waals surface area contributed by atoms with Gasteiger partial charge in [-0.2, -0.15) is 0 Å². The summed E-state index contributed by atoms with van der Waals surface area (Å²) in [6.45, 7) is 12.8. The van der Waals surface area contributed by atoms with Crippen molar-refractivity contribution in [1.29, 1.82) is 0 Å². The van der Waals surface area contributed by atoms with E-state index in [4.69, 9.17) is 23.7 Å². The van der Waals surface area contributed by atoms with Crippen molar-refractivity contribution in [3.63, 3.8) is 0 Å². The van der Waals surface area contributed by atoms with Gasteiger partial charge in [0.1, 0.15) is 36.6 Å². The van der Waals surface area contributed by atoms with Crippen LogP contribution in [0.2, 0.25) is 0 Å². The third kappa shape index (κ3) is 6.59. The maximum absolute atomic E-state index is 14.8. The summed E-state index contributed by atoms with van der Waals surface area (Å²) in [6, 6.07) is 0. The van der Waals surface area contributed by atoms with Gasteiger partial charge < -0.3 is 59.4 Å². The Morgan fingerprint density at radius 3 is 1.91 bits per heavy atom. The van der Waals surface area contributed by atoms with Crippen LogP contribution < -0.4 is 0 Å². The van der Waals surface area contributed by atoms with Gasteiger partial charge in [0.15, 0.2) is 30.6 Å².